The van der Waals surface area contributed by atoms with E-state index in [2.05, 4.69) is 4.84 Å². The van der Waals surface area contributed by atoms with Crippen molar-refractivity contribution < 1.29 is 57.2 Å². The number of benzene rings is 1. The number of nitrogens with zero attached hydrogens (tertiary/aromatic N) is 3. The van der Waals surface area contributed by atoms with Crippen molar-refractivity contribution in [2.45, 2.75) is 76.5 Å². The molecule has 0 heterocycles. The Hall–Kier alpha value is -4.64. The van der Waals surface area contributed by atoms with Crippen LogP contribution in [-0.4, -0.2) is 52.3 Å². The molecule has 0 N–H and O–H groups in total. The molecule has 44 heavy (non-hydrogen) atoms. The molecular formula is C26H32F3N3O12. The van der Waals surface area contributed by atoms with Crippen molar-refractivity contribution in [2.75, 3.05) is 6.61 Å². The number of carbonyl (C=O) groups is 1. The van der Waals surface area contributed by atoms with Crippen LogP contribution in [0.25, 0.3) is 0 Å². The van der Waals surface area contributed by atoms with Gasteiger partial charge < -0.3 is 24.0 Å². The van der Waals surface area contributed by atoms with Crippen molar-refractivity contribution in [3.05, 3.63) is 84.5 Å². The molecule has 0 spiro atoms. The van der Waals surface area contributed by atoms with Crippen LogP contribution >= 0.6 is 0 Å². The summed E-state index contributed by atoms with van der Waals surface area (Å²) in [5, 5.41) is 30.1. The number of rotatable bonds is 18. The van der Waals surface area contributed by atoms with Gasteiger partial charge in [-0.3, -0.25) is 4.79 Å². The first-order chi connectivity index (χ1) is 20.6. The number of esters is 1. The topological polar surface area (TPSA) is 193 Å². The van der Waals surface area contributed by atoms with Gasteiger partial charge >= 0.3 is 12.1 Å². The second-order valence-corrected chi connectivity index (χ2v) is 9.94. The fourth-order valence-electron chi connectivity index (χ4n) is 4.60. The molecule has 0 aromatic heterocycles. The van der Waals surface area contributed by atoms with Crippen molar-refractivity contribution in [1.82, 2.24) is 0 Å². The molecule has 1 aliphatic rings. The van der Waals surface area contributed by atoms with E-state index in [0.29, 0.717) is 18.9 Å². The smallest absolute Gasteiger partial charge is 0.416 e. The average molecular weight is 636 g/mol. The Labute approximate surface area is 248 Å². The quantitative estimate of drug-likeness (QED) is 0.0684. The zero-order valence-electron chi connectivity index (χ0n) is 23.7. The molecule has 1 saturated carbocycles. The van der Waals surface area contributed by atoms with Crippen LogP contribution in [0.4, 0.5) is 13.2 Å². The molecule has 1 fully saturated rings. The van der Waals surface area contributed by atoms with E-state index in [4.69, 9.17) is 19.1 Å². The minimum Gasteiger partial charge on any atom is -0.491 e. The molecule has 0 radical (unpaired) electrons. The Kier molecular flexibility index (Phi) is 13.6. The molecule has 0 unspecified atom stereocenters. The van der Waals surface area contributed by atoms with Crippen LogP contribution in [0.3, 0.4) is 0 Å². The van der Waals surface area contributed by atoms with E-state index in [1.54, 1.807) is 26.0 Å². The molecule has 1 aromatic rings. The van der Waals surface area contributed by atoms with Crippen molar-refractivity contribution in [3.63, 3.8) is 0 Å². The van der Waals surface area contributed by atoms with Crippen molar-refractivity contribution in [2.24, 2.45) is 11.8 Å². The fraction of sp³-hybridized carbons (Fsp3) is 0.577. The number of alkyl halides is 3. The van der Waals surface area contributed by atoms with Crippen LogP contribution in [0.2, 0.25) is 0 Å². The van der Waals surface area contributed by atoms with Crippen LogP contribution in [0.5, 0.6) is 5.75 Å². The first kappa shape index (κ1) is 35.6. The van der Waals surface area contributed by atoms with Gasteiger partial charge in [0.25, 0.3) is 15.3 Å². The standard InChI is InChI=1S/C26H32F3N3O12/c1-17(2)41-25(33)11-6-4-3-5-10-21-22(24(44-32(38)39)15-23(21)43-31(36)37)13-12-20(42-30(34)35)16-40-19-9-7-8-18(14-19)26(27,28)29/h3,5,7-9,12-14,17,20-24H,4,6,10-11,15-16H2,1-2H3/b5-3-,13-12+/t20-,21-,22-,23+,24-/m1/s1. The van der Waals surface area contributed by atoms with Crippen molar-refractivity contribution >= 4 is 5.97 Å². The van der Waals surface area contributed by atoms with Gasteiger partial charge in [0.1, 0.15) is 24.6 Å². The van der Waals surface area contributed by atoms with E-state index in [1.807, 2.05) is 0 Å². The van der Waals surface area contributed by atoms with Crippen molar-refractivity contribution in [3.8, 4) is 5.75 Å². The molecule has 5 atom stereocenters. The molecule has 244 valence electrons. The lowest BCUT2D eigenvalue weighted by Crippen LogP contribution is -2.27. The maximum atomic E-state index is 13.0. The molecule has 0 aliphatic heterocycles. The van der Waals surface area contributed by atoms with E-state index in [-0.39, 0.29) is 37.1 Å². The van der Waals surface area contributed by atoms with Gasteiger partial charge in [-0.15, -0.1) is 30.3 Å². The first-order valence-electron chi connectivity index (χ1n) is 13.4. The molecule has 18 heteroatoms. The van der Waals surface area contributed by atoms with Gasteiger partial charge in [0.05, 0.1) is 11.7 Å². The highest BCUT2D eigenvalue weighted by molar-refractivity contribution is 5.69. The minimum atomic E-state index is -4.66. The molecule has 1 aliphatic carbocycles. The summed E-state index contributed by atoms with van der Waals surface area (Å²) in [5.74, 6) is -2.33. The van der Waals surface area contributed by atoms with Crippen LogP contribution in [0.1, 0.15) is 51.5 Å². The van der Waals surface area contributed by atoms with Gasteiger partial charge in [0.2, 0.25) is 0 Å². The highest BCUT2D eigenvalue weighted by Gasteiger charge is 2.45. The second-order valence-electron chi connectivity index (χ2n) is 9.94. The Morgan fingerprint density at radius 3 is 2.34 bits per heavy atom. The van der Waals surface area contributed by atoms with Crippen LogP contribution in [0.15, 0.2) is 48.6 Å². The number of ether oxygens (including phenoxy) is 2. The van der Waals surface area contributed by atoms with Crippen molar-refractivity contribution in [1.29, 1.82) is 0 Å². The third kappa shape index (κ3) is 12.7. The third-order valence-electron chi connectivity index (χ3n) is 6.35. The maximum absolute atomic E-state index is 13.0. The summed E-state index contributed by atoms with van der Waals surface area (Å²) in [4.78, 5) is 59.1. The fourth-order valence-corrected chi connectivity index (χ4v) is 4.60. The Bertz CT molecular complexity index is 1190. The summed E-state index contributed by atoms with van der Waals surface area (Å²) < 4.78 is 49.4. The van der Waals surface area contributed by atoms with E-state index in [1.165, 1.54) is 12.1 Å². The van der Waals surface area contributed by atoms with E-state index >= 15 is 0 Å². The Morgan fingerprint density at radius 1 is 1.05 bits per heavy atom. The van der Waals surface area contributed by atoms with Gasteiger partial charge in [-0.2, -0.15) is 13.2 Å². The lowest BCUT2D eigenvalue weighted by molar-refractivity contribution is -0.776. The predicted octanol–water partition coefficient (Wildman–Crippen LogP) is 5.08. The summed E-state index contributed by atoms with van der Waals surface area (Å²) in [7, 11) is 0. The minimum absolute atomic E-state index is 0.114. The molecule has 1 aromatic carbocycles. The SMILES string of the molecule is CC(C)OC(=O)CCC/C=C\C[C@@H]1[C@@H](/C=C/[C@H](COc2cccc(C(F)(F)F)c2)O[N+](=O)[O-])[C@H](O[N+](=O)[O-])C[C@@H]1O[N+](=O)[O-]. The molecule has 15 nitrogen and oxygen atoms in total. The van der Waals surface area contributed by atoms with Gasteiger partial charge in [-0.25, -0.2) is 0 Å². The number of allylic oxidation sites excluding steroid dienone is 2. The zero-order chi connectivity index (χ0) is 32.9. The first-order valence-corrected chi connectivity index (χ1v) is 13.4. The highest BCUT2D eigenvalue weighted by atomic mass is 19.4. The van der Waals surface area contributed by atoms with Crippen LogP contribution in [0, 0.1) is 42.2 Å². The summed E-state index contributed by atoms with van der Waals surface area (Å²) in [6.45, 7) is 2.82. The van der Waals surface area contributed by atoms with Crippen LogP contribution < -0.4 is 4.74 Å². The summed E-state index contributed by atoms with van der Waals surface area (Å²) in [6.07, 6.45) is -2.06. The molecule has 0 bridgehead atoms. The number of halogens is 3. The number of unbranched alkanes of at least 4 members (excludes halogenated alkanes) is 1. The largest absolute Gasteiger partial charge is 0.491 e. The second kappa shape index (κ2) is 16.9. The number of carbonyl (C=O) groups excluding carboxylic acids is 1. The van der Waals surface area contributed by atoms with E-state index < -0.39 is 63.8 Å². The molecule has 2 rings (SSSR count). The predicted molar refractivity (Wildman–Crippen MR) is 142 cm³/mol. The highest BCUT2D eigenvalue weighted by Crippen LogP contribution is 2.40. The third-order valence-corrected chi connectivity index (χ3v) is 6.35. The summed E-state index contributed by atoms with van der Waals surface area (Å²) >= 11 is 0. The van der Waals surface area contributed by atoms with Gasteiger partial charge in [-0.05, 0) is 57.2 Å². The normalized spacial score (nSPS) is 20.9. The maximum Gasteiger partial charge on any atom is 0.416 e. The van der Waals surface area contributed by atoms with Gasteiger partial charge in [0.15, 0.2) is 6.10 Å². The average Bonchev–Trinajstić information content (AvgIpc) is 3.20. The van der Waals surface area contributed by atoms with Gasteiger partial charge in [-0.1, -0.05) is 30.4 Å². The lowest BCUT2D eigenvalue weighted by Gasteiger charge is -2.22. The Morgan fingerprint density at radius 2 is 1.73 bits per heavy atom. The van der Waals surface area contributed by atoms with E-state index in [9.17, 15) is 48.3 Å². The van der Waals surface area contributed by atoms with Gasteiger partial charge in [0, 0.05) is 18.8 Å². The van der Waals surface area contributed by atoms with Crippen LogP contribution in [-0.2, 0) is 30.2 Å². The summed E-state index contributed by atoms with van der Waals surface area (Å²) in [6, 6.07) is 3.79. The molecular weight excluding hydrogens is 603 g/mol. The number of hydrogen-bond acceptors (Lipinski definition) is 12. The number of hydrogen-bond donors (Lipinski definition) is 0. The molecule has 0 amide bonds. The summed E-state index contributed by atoms with van der Waals surface area (Å²) in [5.41, 5.74) is -1.01. The van der Waals surface area contributed by atoms with E-state index in [0.717, 1.165) is 18.2 Å². The molecule has 0 saturated heterocycles. The monoisotopic (exact) mass is 635 g/mol. The Balaban J connectivity index is 2.21. The lowest BCUT2D eigenvalue weighted by atomic mass is 9.89. The zero-order valence-corrected chi connectivity index (χ0v) is 23.7.